The van der Waals surface area contributed by atoms with Gasteiger partial charge in [0.2, 0.25) is 5.91 Å². The number of H-pyrrole nitrogens is 1. The third kappa shape index (κ3) is 7.28. The van der Waals surface area contributed by atoms with Crippen LogP contribution < -0.4 is 5.32 Å². The second kappa shape index (κ2) is 13.3. The number of carbonyl (C=O) groups is 2. The van der Waals surface area contributed by atoms with Crippen molar-refractivity contribution in [2.24, 2.45) is 0 Å². The first-order valence-corrected chi connectivity index (χ1v) is 13.1. The summed E-state index contributed by atoms with van der Waals surface area (Å²) in [7, 11) is 1.55. The van der Waals surface area contributed by atoms with E-state index in [-0.39, 0.29) is 25.6 Å². The van der Waals surface area contributed by atoms with Gasteiger partial charge in [0.1, 0.15) is 6.54 Å². The zero-order valence-corrected chi connectivity index (χ0v) is 22.6. The van der Waals surface area contributed by atoms with E-state index in [1.165, 1.54) is 4.90 Å². The topological polar surface area (TPSA) is 77.7 Å². The van der Waals surface area contributed by atoms with E-state index in [2.05, 4.69) is 16.4 Å². The molecule has 0 radical (unpaired) electrons. The lowest BCUT2D eigenvalue weighted by Crippen LogP contribution is -2.46. The number of hydrogen-bond acceptors (Lipinski definition) is 3. The second-order valence-electron chi connectivity index (χ2n) is 8.88. The molecule has 0 aliphatic carbocycles. The van der Waals surface area contributed by atoms with Crippen LogP contribution in [0.3, 0.4) is 0 Å². The molecule has 0 saturated carbocycles. The maximum absolute atomic E-state index is 13.6. The number of halogens is 2. The van der Waals surface area contributed by atoms with E-state index in [4.69, 9.17) is 27.9 Å². The monoisotopic (exact) mass is 552 g/mol. The van der Waals surface area contributed by atoms with Crippen molar-refractivity contribution in [2.45, 2.75) is 13.0 Å². The molecule has 0 aliphatic rings. The summed E-state index contributed by atoms with van der Waals surface area (Å²) in [6.45, 7) is 1.34. The Morgan fingerprint density at radius 3 is 2.47 bits per heavy atom. The van der Waals surface area contributed by atoms with E-state index in [1.54, 1.807) is 30.2 Å². The largest absolute Gasteiger partial charge is 0.383 e. The zero-order chi connectivity index (χ0) is 26.9. The van der Waals surface area contributed by atoms with Gasteiger partial charge in [-0.3, -0.25) is 4.79 Å². The molecule has 0 bridgehead atoms. The molecule has 0 atom stereocenters. The van der Waals surface area contributed by atoms with Crippen molar-refractivity contribution >= 4 is 51.7 Å². The third-order valence-electron chi connectivity index (χ3n) is 6.25. The van der Waals surface area contributed by atoms with Crippen molar-refractivity contribution in [2.75, 3.05) is 38.7 Å². The zero-order valence-electron chi connectivity index (χ0n) is 21.1. The normalized spacial score (nSPS) is 10.9. The fraction of sp³-hybridized carbons (Fsp3) is 0.241. The van der Waals surface area contributed by atoms with Gasteiger partial charge in [0.15, 0.2) is 0 Å². The maximum atomic E-state index is 13.6. The van der Waals surface area contributed by atoms with Gasteiger partial charge in [-0.15, -0.1) is 0 Å². The lowest BCUT2D eigenvalue weighted by molar-refractivity contribution is -0.132. The average Bonchev–Trinajstić information content (AvgIpc) is 3.34. The van der Waals surface area contributed by atoms with E-state index in [0.717, 1.165) is 22.0 Å². The number of rotatable bonds is 11. The molecule has 3 amide bonds. The van der Waals surface area contributed by atoms with Gasteiger partial charge in [0.25, 0.3) is 0 Å². The summed E-state index contributed by atoms with van der Waals surface area (Å²) in [6, 6.07) is 22.3. The van der Waals surface area contributed by atoms with Crippen LogP contribution in [0, 0.1) is 0 Å². The van der Waals surface area contributed by atoms with Gasteiger partial charge in [-0.1, -0.05) is 71.7 Å². The summed E-state index contributed by atoms with van der Waals surface area (Å²) >= 11 is 12.2. The van der Waals surface area contributed by atoms with E-state index in [1.807, 2.05) is 54.7 Å². The number of aromatic nitrogens is 1. The molecule has 4 rings (SSSR count). The smallest absolute Gasteiger partial charge is 0.322 e. The summed E-state index contributed by atoms with van der Waals surface area (Å²) in [6.07, 6.45) is 2.66. The number of anilines is 1. The summed E-state index contributed by atoms with van der Waals surface area (Å²) in [5.41, 5.74) is 3.63. The Morgan fingerprint density at radius 2 is 1.71 bits per heavy atom. The first-order valence-electron chi connectivity index (χ1n) is 12.3. The molecule has 198 valence electrons. The standard InChI is InChI=1S/C29H30Cl2N4O3/c1-38-16-15-35(29(37)33-27-12-11-23(30)17-25(27)31)20-28(36)34(19-21-7-3-2-4-8-21)14-13-22-18-32-26-10-6-5-9-24(22)26/h2-12,17-18,32H,13-16,19-20H2,1H3,(H,33,37). The Morgan fingerprint density at radius 1 is 0.947 bits per heavy atom. The number of fused-ring (bicyclic) bond motifs is 1. The van der Waals surface area contributed by atoms with Crippen LogP contribution in [0.5, 0.6) is 0 Å². The van der Waals surface area contributed by atoms with E-state index >= 15 is 0 Å². The van der Waals surface area contributed by atoms with E-state index in [9.17, 15) is 9.59 Å². The van der Waals surface area contributed by atoms with Crippen molar-refractivity contribution in [3.05, 3.63) is 100 Å². The van der Waals surface area contributed by atoms with E-state index < -0.39 is 6.03 Å². The number of ether oxygens (including phenoxy) is 1. The highest BCUT2D eigenvalue weighted by Crippen LogP contribution is 2.25. The van der Waals surface area contributed by atoms with Crippen LogP contribution in [0.15, 0.2) is 79.0 Å². The minimum Gasteiger partial charge on any atom is -0.383 e. The Hall–Kier alpha value is -3.52. The van der Waals surface area contributed by atoms with Crippen molar-refractivity contribution < 1.29 is 14.3 Å². The molecule has 9 heteroatoms. The number of para-hydroxylation sites is 1. The van der Waals surface area contributed by atoms with Crippen LogP contribution in [0.25, 0.3) is 10.9 Å². The number of amides is 3. The molecule has 0 saturated heterocycles. The van der Waals surface area contributed by atoms with Gasteiger partial charge in [0.05, 0.1) is 17.3 Å². The lowest BCUT2D eigenvalue weighted by Gasteiger charge is -2.28. The fourth-order valence-corrected chi connectivity index (χ4v) is 4.65. The van der Waals surface area contributed by atoms with Crippen LogP contribution in [0.4, 0.5) is 10.5 Å². The van der Waals surface area contributed by atoms with Crippen LogP contribution in [0.1, 0.15) is 11.1 Å². The summed E-state index contributed by atoms with van der Waals surface area (Å²) in [5, 5.41) is 4.70. The average molecular weight is 553 g/mol. The van der Waals surface area contributed by atoms with Crippen LogP contribution in [-0.4, -0.2) is 60.1 Å². The molecule has 7 nitrogen and oxygen atoms in total. The predicted molar refractivity (Wildman–Crippen MR) is 153 cm³/mol. The number of hydrogen-bond donors (Lipinski definition) is 2. The predicted octanol–water partition coefficient (Wildman–Crippen LogP) is 6.23. The number of nitrogens with zero attached hydrogens (tertiary/aromatic N) is 2. The Labute approximate surface area is 232 Å². The highest BCUT2D eigenvalue weighted by atomic mass is 35.5. The molecule has 0 fully saturated rings. The number of carbonyl (C=O) groups excluding carboxylic acids is 2. The fourth-order valence-electron chi connectivity index (χ4n) is 4.19. The first kappa shape index (κ1) is 27.5. The number of nitrogens with one attached hydrogen (secondary N) is 2. The molecule has 0 unspecified atom stereocenters. The minimum absolute atomic E-state index is 0.110. The molecular formula is C29H30Cl2N4O3. The third-order valence-corrected chi connectivity index (χ3v) is 6.79. The highest BCUT2D eigenvalue weighted by Gasteiger charge is 2.22. The van der Waals surface area contributed by atoms with Crippen LogP contribution in [-0.2, 0) is 22.5 Å². The first-order chi connectivity index (χ1) is 18.4. The van der Waals surface area contributed by atoms with Crippen molar-refractivity contribution in [3.8, 4) is 0 Å². The maximum Gasteiger partial charge on any atom is 0.322 e. The second-order valence-corrected chi connectivity index (χ2v) is 9.72. The molecule has 38 heavy (non-hydrogen) atoms. The van der Waals surface area contributed by atoms with Crippen LogP contribution >= 0.6 is 23.2 Å². The number of urea groups is 1. The molecule has 4 aromatic rings. The quantitative estimate of drug-likeness (QED) is 0.231. The van der Waals surface area contributed by atoms with Gasteiger partial charge in [-0.2, -0.15) is 0 Å². The molecule has 3 aromatic carbocycles. The molecule has 2 N–H and O–H groups in total. The Kier molecular flexibility index (Phi) is 9.65. The number of benzene rings is 3. The molecule has 1 aromatic heterocycles. The number of methoxy groups -OCH3 is 1. The van der Waals surface area contributed by atoms with Gasteiger partial charge in [-0.05, 0) is 41.8 Å². The molecule has 1 heterocycles. The van der Waals surface area contributed by atoms with Gasteiger partial charge in [0, 0.05) is 48.9 Å². The van der Waals surface area contributed by atoms with Gasteiger partial charge < -0.3 is 24.8 Å². The van der Waals surface area contributed by atoms with Gasteiger partial charge >= 0.3 is 6.03 Å². The highest BCUT2D eigenvalue weighted by molar-refractivity contribution is 6.36. The lowest BCUT2D eigenvalue weighted by atomic mass is 10.1. The van der Waals surface area contributed by atoms with E-state index in [0.29, 0.717) is 35.2 Å². The molecule has 0 aliphatic heterocycles. The summed E-state index contributed by atoms with van der Waals surface area (Å²) < 4.78 is 5.19. The minimum atomic E-state index is -0.448. The molecule has 0 spiro atoms. The van der Waals surface area contributed by atoms with Crippen molar-refractivity contribution in [1.82, 2.24) is 14.8 Å². The summed E-state index contributed by atoms with van der Waals surface area (Å²) in [5.74, 6) is -0.165. The van der Waals surface area contributed by atoms with Crippen molar-refractivity contribution in [3.63, 3.8) is 0 Å². The Bertz CT molecular complexity index is 1380. The SMILES string of the molecule is COCCN(CC(=O)N(CCc1c[nH]c2ccccc12)Cc1ccccc1)C(=O)Nc1ccc(Cl)cc1Cl. The van der Waals surface area contributed by atoms with Gasteiger partial charge in [-0.25, -0.2) is 4.79 Å². The summed E-state index contributed by atoms with van der Waals surface area (Å²) in [4.78, 5) is 33.3. The number of aromatic amines is 1. The molecular weight excluding hydrogens is 523 g/mol. The Balaban J connectivity index is 1.50. The van der Waals surface area contributed by atoms with Crippen LogP contribution in [0.2, 0.25) is 10.0 Å². The van der Waals surface area contributed by atoms with Crippen molar-refractivity contribution in [1.29, 1.82) is 0 Å².